The summed E-state index contributed by atoms with van der Waals surface area (Å²) in [7, 11) is 0. The minimum Gasteiger partial charge on any atom is -0.369 e. The number of nitrogens with two attached hydrogens (primary N) is 1. The highest BCUT2D eigenvalue weighted by Crippen LogP contribution is 2.73. The zero-order valence-corrected chi connectivity index (χ0v) is 16.4. The van der Waals surface area contributed by atoms with Crippen LogP contribution in [0, 0.1) is 5.41 Å². The van der Waals surface area contributed by atoms with Gasteiger partial charge in [0.2, 0.25) is 11.9 Å². The number of primary amides is 1. The Hall–Kier alpha value is -2.43. The van der Waals surface area contributed by atoms with Gasteiger partial charge in [0, 0.05) is 29.4 Å². The van der Waals surface area contributed by atoms with Crippen LogP contribution in [-0.4, -0.2) is 28.5 Å². The number of fused-ring (bicyclic) bond motifs is 1. The van der Waals surface area contributed by atoms with Crippen LogP contribution in [0.25, 0.3) is 11.3 Å². The van der Waals surface area contributed by atoms with E-state index in [1.807, 2.05) is 0 Å². The fraction of sp³-hybridized carbons (Fsp3) is 0.522. The van der Waals surface area contributed by atoms with Crippen molar-refractivity contribution in [1.29, 1.82) is 0 Å². The molecule has 7 rings (SSSR count). The van der Waals surface area contributed by atoms with Gasteiger partial charge in [-0.1, -0.05) is 24.3 Å². The molecule has 28 heavy (non-hydrogen) atoms. The maximum atomic E-state index is 11.6. The number of aryl methyl sites for hydroxylation is 1. The van der Waals surface area contributed by atoms with E-state index in [9.17, 15) is 4.79 Å². The molecule has 4 fully saturated rings. The van der Waals surface area contributed by atoms with Gasteiger partial charge in [-0.05, 0) is 62.8 Å². The molecular weight excluding hydrogens is 348 g/mol. The highest BCUT2D eigenvalue weighted by Gasteiger charge is 2.71. The molecule has 144 valence electrons. The van der Waals surface area contributed by atoms with Gasteiger partial charge < -0.3 is 10.6 Å². The van der Waals surface area contributed by atoms with E-state index in [1.165, 1.54) is 35.2 Å². The Bertz CT molecular complexity index is 977. The van der Waals surface area contributed by atoms with Crippen molar-refractivity contribution < 1.29 is 4.79 Å². The lowest BCUT2D eigenvalue weighted by Gasteiger charge is -2.69. The quantitative estimate of drug-likeness (QED) is 0.892. The van der Waals surface area contributed by atoms with E-state index in [0.717, 1.165) is 50.3 Å². The van der Waals surface area contributed by atoms with Crippen molar-refractivity contribution >= 4 is 11.9 Å². The van der Waals surface area contributed by atoms with Crippen LogP contribution in [0.5, 0.6) is 0 Å². The summed E-state index contributed by atoms with van der Waals surface area (Å²) in [6, 6.07) is 9.47. The lowest BCUT2D eigenvalue weighted by atomic mass is 9.33. The molecule has 2 N–H and O–H groups in total. The van der Waals surface area contributed by atoms with Crippen LogP contribution >= 0.6 is 0 Å². The van der Waals surface area contributed by atoms with Crippen LogP contribution in [-0.2, 0) is 23.1 Å². The SMILES string of the molecule is C[C@H]1CCN1c1nc2c(c(-c3ccc(C45CC(C(N)=O)(C4)C5)cc3)n1)CCC2. The fourth-order valence-electron chi connectivity index (χ4n) is 5.94. The Balaban J connectivity index is 1.33. The van der Waals surface area contributed by atoms with E-state index in [0.29, 0.717) is 6.04 Å². The van der Waals surface area contributed by atoms with Gasteiger partial charge in [-0.2, -0.15) is 0 Å². The number of nitrogens with zero attached hydrogens (tertiary/aromatic N) is 3. The molecular formula is C23H26N4O. The first kappa shape index (κ1) is 16.5. The van der Waals surface area contributed by atoms with Crippen molar-refractivity contribution in [1.82, 2.24) is 9.97 Å². The maximum absolute atomic E-state index is 11.6. The zero-order valence-electron chi connectivity index (χ0n) is 16.4. The number of carbonyl (C=O) groups is 1. The average molecular weight is 374 g/mol. The van der Waals surface area contributed by atoms with E-state index < -0.39 is 0 Å². The van der Waals surface area contributed by atoms with Crippen molar-refractivity contribution in [2.24, 2.45) is 11.1 Å². The van der Waals surface area contributed by atoms with Crippen LogP contribution in [0.1, 0.15) is 55.8 Å². The molecule has 1 atom stereocenters. The first-order valence-corrected chi connectivity index (χ1v) is 10.6. The van der Waals surface area contributed by atoms with Gasteiger partial charge in [0.15, 0.2) is 0 Å². The van der Waals surface area contributed by atoms with Crippen molar-refractivity contribution in [2.75, 3.05) is 11.4 Å². The molecule has 4 aliphatic carbocycles. The monoisotopic (exact) mass is 374 g/mol. The minimum atomic E-state index is -0.199. The Morgan fingerprint density at radius 2 is 1.89 bits per heavy atom. The number of amides is 1. The molecule has 3 saturated carbocycles. The summed E-state index contributed by atoms with van der Waals surface area (Å²) in [6.45, 7) is 3.31. The van der Waals surface area contributed by atoms with Gasteiger partial charge in [-0.25, -0.2) is 9.97 Å². The number of hydrogen-bond acceptors (Lipinski definition) is 4. The predicted molar refractivity (Wildman–Crippen MR) is 108 cm³/mol. The topological polar surface area (TPSA) is 72.1 Å². The van der Waals surface area contributed by atoms with E-state index in [-0.39, 0.29) is 16.7 Å². The summed E-state index contributed by atoms with van der Waals surface area (Å²) >= 11 is 0. The first-order valence-electron chi connectivity index (χ1n) is 10.6. The highest BCUT2D eigenvalue weighted by atomic mass is 16.1. The van der Waals surface area contributed by atoms with Gasteiger partial charge in [0.05, 0.1) is 11.1 Å². The van der Waals surface area contributed by atoms with Gasteiger partial charge in [-0.15, -0.1) is 0 Å². The number of hydrogen-bond donors (Lipinski definition) is 1. The van der Waals surface area contributed by atoms with Crippen molar-refractivity contribution in [3.05, 3.63) is 41.1 Å². The molecule has 5 aliphatic rings. The number of aromatic nitrogens is 2. The maximum Gasteiger partial charge on any atom is 0.226 e. The number of benzene rings is 1. The number of anilines is 1. The van der Waals surface area contributed by atoms with Crippen LogP contribution in [0.3, 0.4) is 0 Å². The number of rotatable bonds is 4. The summed E-state index contributed by atoms with van der Waals surface area (Å²) in [5.74, 6) is 0.789. The summed E-state index contributed by atoms with van der Waals surface area (Å²) in [4.78, 5) is 23.8. The molecule has 1 aromatic carbocycles. The van der Waals surface area contributed by atoms with Crippen LogP contribution in [0.4, 0.5) is 5.95 Å². The van der Waals surface area contributed by atoms with E-state index in [4.69, 9.17) is 15.7 Å². The molecule has 0 radical (unpaired) electrons. The molecule has 1 saturated heterocycles. The first-order chi connectivity index (χ1) is 13.5. The Morgan fingerprint density at radius 3 is 2.50 bits per heavy atom. The summed E-state index contributed by atoms with van der Waals surface area (Å²) in [5.41, 5.74) is 11.8. The molecule has 1 aliphatic heterocycles. The zero-order chi connectivity index (χ0) is 19.1. The number of carbonyl (C=O) groups excluding carboxylic acids is 1. The third kappa shape index (κ3) is 2.05. The Kier molecular flexibility index (Phi) is 3.15. The molecule has 2 aromatic rings. The highest BCUT2D eigenvalue weighted by molar-refractivity contribution is 5.86. The standard InChI is InChI=1S/C23H26N4O/c1-14-9-10-27(14)21-25-18-4-2-3-17(18)19(26-21)15-5-7-16(8-6-15)22-11-23(12-22,13-22)20(24)28/h5-8,14H,2-4,9-13H2,1H3,(H2,24,28)/t14-,22?,23?/m0/s1. The molecule has 5 nitrogen and oxygen atoms in total. The molecule has 0 spiro atoms. The summed E-state index contributed by atoms with van der Waals surface area (Å²) in [5, 5.41) is 0. The molecule has 2 bridgehead atoms. The summed E-state index contributed by atoms with van der Waals surface area (Å²) in [6.07, 6.45) is 7.31. The molecule has 1 aromatic heterocycles. The third-order valence-corrected chi connectivity index (χ3v) is 7.82. The van der Waals surface area contributed by atoms with Crippen LogP contribution in [0.2, 0.25) is 0 Å². The summed E-state index contributed by atoms with van der Waals surface area (Å²) < 4.78 is 0. The molecule has 0 unspecified atom stereocenters. The fourth-order valence-corrected chi connectivity index (χ4v) is 5.94. The molecule has 5 heteroatoms. The van der Waals surface area contributed by atoms with Gasteiger partial charge in [-0.3, -0.25) is 4.79 Å². The third-order valence-electron chi connectivity index (χ3n) is 7.82. The molecule has 2 heterocycles. The minimum absolute atomic E-state index is 0.115. The van der Waals surface area contributed by atoms with Crippen LogP contribution < -0.4 is 10.6 Å². The van der Waals surface area contributed by atoms with E-state index in [1.54, 1.807) is 0 Å². The van der Waals surface area contributed by atoms with Gasteiger partial charge in [0.1, 0.15) is 0 Å². The Morgan fingerprint density at radius 1 is 1.14 bits per heavy atom. The van der Waals surface area contributed by atoms with E-state index in [2.05, 4.69) is 36.1 Å². The Labute approximate surface area is 165 Å². The van der Waals surface area contributed by atoms with Crippen molar-refractivity contribution in [3.8, 4) is 11.3 Å². The van der Waals surface area contributed by atoms with E-state index >= 15 is 0 Å². The molecule has 1 amide bonds. The van der Waals surface area contributed by atoms with Gasteiger partial charge >= 0.3 is 0 Å². The predicted octanol–water partition coefficient (Wildman–Crippen LogP) is 3.14. The second kappa shape index (κ2) is 5.34. The van der Waals surface area contributed by atoms with Gasteiger partial charge in [0.25, 0.3) is 0 Å². The largest absolute Gasteiger partial charge is 0.369 e. The second-order valence-corrected chi connectivity index (χ2v) is 9.51. The normalized spacial score (nSPS) is 32.2. The van der Waals surface area contributed by atoms with Crippen LogP contribution in [0.15, 0.2) is 24.3 Å². The smallest absolute Gasteiger partial charge is 0.226 e. The van der Waals surface area contributed by atoms with Crippen molar-refractivity contribution in [3.63, 3.8) is 0 Å². The van der Waals surface area contributed by atoms with Crippen molar-refractivity contribution in [2.45, 2.75) is 63.3 Å². The lowest BCUT2D eigenvalue weighted by Crippen LogP contribution is -2.69. The average Bonchev–Trinajstić information content (AvgIpc) is 3.06. The second-order valence-electron chi connectivity index (χ2n) is 9.51. The lowest BCUT2D eigenvalue weighted by molar-refractivity contribution is -0.172.